The Morgan fingerprint density at radius 2 is 0.781 bits per heavy atom. The number of hydrogen-bond acceptors (Lipinski definition) is 8. The third-order valence-electron chi connectivity index (χ3n) is 5.05. The van der Waals surface area contributed by atoms with Crippen LogP contribution in [0, 0.1) is 0 Å². The number of Topliss-reactive ketones (excluding diaryl/α,β-unsaturated/α-hetero) is 1. The van der Waals surface area contributed by atoms with Gasteiger partial charge in [-0.1, -0.05) is 0 Å². The highest BCUT2D eigenvalue weighted by molar-refractivity contribution is 6.48. The molecule has 2 aromatic carbocycles. The van der Waals surface area contributed by atoms with E-state index in [9.17, 15) is 9.59 Å². The lowest BCUT2D eigenvalue weighted by atomic mass is 9.86. The average molecular weight is 440 g/mol. The zero-order chi connectivity index (χ0) is 23.4. The third-order valence-corrected chi connectivity index (χ3v) is 5.05. The summed E-state index contributed by atoms with van der Waals surface area (Å²) in [5.74, 6) is 1.62. The van der Waals surface area contributed by atoms with Crippen LogP contribution in [-0.2, 0) is 9.59 Å². The molecule has 2 aromatic rings. The molecule has 0 fully saturated rings. The number of ether oxygens (including phenoxy) is 6. The first-order valence-corrected chi connectivity index (χ1v) is 9.55. The minimum Gasteiger partial charge on any atom is -0.496 e. The van der Waals surface area contributed by atoms with E-state index in [1.54, 1.807) is 24.3 Å². The molecule has 8 nitrogen and oxygen atoms in total. The Morgan fingerprint density at radius 3 is 1.09 bits per heavy atom. The van der Waals surface area contributed by atoms with Crippen LogP contribution in [0.3, 0.4) is 0 Å². The molecule has 3 rings (SSSR count). The summed E-state index contributed by atoms with van der Waals surface area (Å²) in [6.45, 7) is 0. The van der Waals surface area contributed by atoms with Crippen molar-refractivity contribution in [2.75, 3.05) is 42.7 Å². The third kappa shape index (κ3) is 3.99. The number of methoxy groups -OCH3 is 6. The molecule has 168 valence electrons. The summed E-state index contributed by atoms with van der Waals surface area (Å²) in [6, 6.07) is 6.40. The number of allylic oxidation sites excluding steroid dienone is 4. The molecule has 0 saturated carbocycles. The summed E-state index contributed by atoms with van der Waals surface area (Å²) in [5, 5.41) is 0. The van der Waals surface area contributed by atoms with Crippen molar-refractivity contribution in [3.8, 4) is 34.5 Å². The molecule has 0 aromatic heterocycles. The van der Waals surface area contributed by atoms with Crippen LogP contribution in [0.15, 0.2) is 36.4 Å². The predicted octanol–water partition coefficient (Wildman–Crippen LogP) is 3.36. The molecule has 0 N–H and O–H groups in total. The standard InChI is InChI=1S/C24H24O8/c1-27-18-11-22(31-5)20(29-3)9-14(18)16-7-13(25)8-17(24(16)26)15-10-21(30-4)23(32-6)12-19(15)28-2/h7-12H,1-6H3. The molecule has 8 heteroatoms. The van der Waals surface area contributed by atoms with E-state index in [4.69, 9.17) is 28.4 Å². The van der Waals surface area contributed by atoms with Crippen LogP contribution in [0.25, 0.3) is 11.1 Å². The van der Waals surface area contributed by atoms with Crippen molar-refractivity contribution in [3.05, 3.63) is 47.5 Å². The van der Waals surface area contributed by atoms with Crippen LogP contribution in [0.5, 0.6) is 34.5 Å². The van der Waals surface area contributed by atoms with Gasteiger partial charge in [-0.25, -0.2) is 0 Å². The summed E-state index contributed by atoms with van der Waals surface area (Å²) in [5.41, 5.74) is 1.10. The second kappa shape index (κ2) is 9.47. The topological polar surface area (TPSA) is 89.5 Å². The Balaban J connectivity index is 2.17. The van der Waals surface area contributed by atoms with Crippen LogP contribution < -0.4 is 28.4 Å². The van der Waals surface area contributed by atoms with E-state index in [1.165, 1.54) is 54.8 Å². The highest BCUT2D eigenvalue weighted by Crippen LogP contribution is 2.43. The van der Waals surface area contributed by atoms with Crippen LogP contribution >= 0.6 is 0 Å². The number of carbonyl (C=O) groups excluding carboxylic acids is 2. The van der Waals surface area contributed by atoms with Gasteiger partial charge in [0.15, 0.2) is 34.6 Å². The zero-order valence-corrected chi connectivity index (χ0v) is 18.7. The fourth-order valence-corrected chi connectivity index (χ4v) is 3.48. The lowest BCUT2D eigenvalue weighted by Crippen LogP contribution is -2.14. The fraction of sp³-hybridized carbons (Fsp3) is 0.250. The second-order valence-corrected chi connectivity index (χ2v) is 6.66. The van der Waals surface area contributed by atoms with Crippen molar-refractivity contribution in [1.29, 1.82) is 0 Å². The minimum atomic E-state index is -0.388. The quantitative estimate of drug-likeness (QED) is 0.578. The van der Waals surface area contributed by atoms with Crippen molar-refractivity contribution in [2.45, 2.75) is 0 Å². The normalized spacial score (nSPS) is 13.2. The number of carbonyl (C=O) groups is 2. The van der Waals surface area contributed by atoms with E-state index in [1.807, 2.05) is 0 Å². The summed E-state index contributed by atoms with van der Waals surface area (Å²) in [6.07, 6.45) is 2.53. The number of hydrogen-bond donors (Lipinski definition) is 0. The van der Waals surface area contributed by atoms with Crippen LogP contribution in [-0.4, -0.2) is 54.2 Å². The van der Waals surface area contributed by atoms with Gasteiger partial charge in [0.05, 0.1) is 42.7 Å². The molecular weight excluding hydrogens is 416 g/mol. The van der Waals surface area contributed by atoms with Gasteiger partial charge in [0, 0.05) is 34.4 Å². The number of rotatable bonds is 8. The number of ketones is 2. The highest BCUT2D eigenvalue weighted by Gasteiger charge is 2.30. The Morgan fingerprint density at radius 1 is 0.469 bits per heavy atom. The Hall–Kier alpha value is -3.94. The van der Waals surface area contributed by atoms with Crippen molar-refractivity contribution >= 4 is 22.7 Å². The highest BCUT2D eigenvalue weighted by atomic mass is 16.5. The summed E-state index contributed by atoms with van der Waals surface area (Å²) in [4.78, 5) is 26.2. The van der Waals surface area contributed by atoms with Crippen LogP contribution in [0.1, 0.15) is 11.1 Å². The molecule has 0 radical (unpaired) electrons. The van der Waals surface area contributed by atoms with Crippen molar-refractivity contribution in [2.24, 2.45) is 0 Å². The molecule has 0 aliphatic heterocycles. The smallest absolute Gasteiger partial charge is 0.194 e. The van der Waals surface area contributed by atoms with Gasteiger partial charge in [-0.15, -0.1) is 0 Å². The lowest BCUT2D eigenvalue weighted by molar-refractivity contribution is -0.112. The molecule has 0 spiro atoms. The van der Waals surface area contributed by atoms with Gasteiger partial charge in [-0.05, 0) is 24.3 Å². The molecule has 0 heterocycles. The molecule has 32 heavy (non-hydrogen) atoms. The Labute approximate surface area is 185 Å². The van der Waals surface area contributed by atoms with Gasteiger partial charge >= 0.3 is 0 Å². The second-order valence-electron chi connectivity index (χ2n) is 6.66. The maximum atomic E-state index is 13.6. The molecular formula is C24H24O8. The minimum absolute atomic E-state index is 0.155. The number of benzene rings is 2. The summed E-state index contributed by atoms with van der Waals surface area (Å²) in [7, 11) is 8.89. The largest absolute Gasteiger partial charge is 0.496 e. The molecule has 0 amide bonds. The maximum absolute atomic E-state index is 13.6. The molecule has 1 aliphatic carbocycles. The van der Waals surface area contributed by atoms with Gasteiger partial charge < -0.3 is 28.4 Å². The molecule has 0 bridgehead atoms. The fourth-order valence-electron chi connectivity index (χ4n) is 3.48. The first kappa shape index (κ1) is 22.7. The van der Waals surface area contributed by atoms with Crippen molar-refractivity contribution < 1.29 is 38.0 Å². The van der Waals surface area contributed by atoms with Gasteiger partial charge in [0.2, 0.25) is 0 Å². The molecule has 0 unspecified atom stereocenters. The SMILES string of the molecule is COc1cc(OC)c(C2=CC(=O)C=C(c3cc(OC)c(OC)cc3OC)C2=O)cc1OC. The molecule has 0 atom stereocenters. The lowest BCUT2D eigenvalue weighted by Gasteiger charge is -2.20. The van der Waals surface area contributed by atoms with Crippen molar-refractivity contribution in [1.82, 2.24) is 0 Å². The Bertz CT molecular complexity index is 1040. The van der Waals surface area contributed by atoms with Crippen LogP contribution in [0.2, 0.25) is 0 Å². The first-order valence-electron chi connectivity index (χ1n) is 9.55. The molecule has 0 saturated heterocycles. The molecule has 1 aliphatic rings. The zero-order valence-electron chi connectivity index (χ0n) is 18.7. The van der Waals surface area contributed by atoms with Gasteiger partial charge in [0.1, 0.15) is 11.5 Å². The monoisotopic (exact) mass is 440 g/mol. The van der Waals surface area contributed by atoms with Gasteiger partial charge in [-0.3, -0.25) is 9.59 Å². The first-order chi connectivity index (χ1) is 15.4. The van der Waals surface area contributed by atoms with Gasteiger partial charge in [0.25, 0.3) is 0 Å². The van der Waals surface area contributed by atoms with E-state index in [2.05, 4.69) is 0 Å². The van der Waals surface area contributed by atoms with E-state index < -0.39 is 0 Å². The van der Waals surface area contributed by atoms with E-state index in [-0.39, 0.29) is 22.7 Å². The summed E-state index contributed by atoms with van der Waals surface area (Å²) < 4.78 is 32.3. The van der Waals surface area contributed by atoms with E-state index in [0.717, 1.165) is 0 Å². The summed E-state index contributed by atoms with van der Waals surface area (Å²) >= 11 is 0. The average Bonchev–Trinajstić information content (AvgIpc) is 2.83. The van der Waals surface area contributed by atoms with E-state index in [0.29, 0.717) is 45.6 Å². The van der Waals surface area contributed by atoms with Gasteiger partial charge in [-0.2, -0.15) is 0 Å². The predicted molar refractivity (Wildman–Crippen MR) is 118 cm³/mol. The van der Waals surface area contributed by atoms with Crippen LogP contribution in [0.4, 0.5) is 0 Å². The maximum Gasteiger partial charge on any atom is 0.194 e. The Kier molecular flexibility index (Phi) is 6.73. The van der Waals surface area contributed by atoms with E-state index >= 15 is 0 Å². The van der Waals surface area contributed by atoms with Crippen molar-refractivity contribution in [3.63, 3.8) is 0 Å².